The number of unbranched alkanes of at least 4 members (excludes halogenated alkanes) is 10. The van der Waals surface area contributed by atoms with Crippen molar-refractivity contribution < 1.29 is 30.3 Å². The molecule has 106 valence electrons. The standard InChI is InChI=1S/C14H28O2.Pd/c1-2-3-4-5-6-7-8-9-10-11-12-13-14(15)16;/h2-13H2,1H3,(H,15,16);. The summed E-state index contributed by atoms with van der Waals surface area (Å²) in [6, 6.07) is 0. The van der Waals surface area contributed by atoms with E-state index in [4.69, 9.17) is 5.11 Å². The Bertz CT molecular complexity index is 160. The second-order valence-electron chi connectivity index (χ2n) is 4.68. The molecule has 0 aliphatic heterocycles. The summed E-state index contributed by atoms with van der Waals surface area (Å²) in [7, 11) is 0. The van der Waals surface area contributed by atoms with Crippen molar-refractivity contribution in [3.63, 3.8) is 0 Å². The summed E-state index contributed by atoms with van der Waals surface area (Å²) in [5.41, 5.74) is 0. The van der Waals surface area contributed by atoms with E-state index in [0.717, 1.165) is 12.8 Å². The van der Waals surface area contributed by atoms with Crippen LogP contribution in [-0.2, 0) is 25.2 Å². The van der Waals surface area contributed by atoms with Gasteiger partial charge in [0.15, 0.2) is 0 Å². The molecule has 0 aromatic heterocycles. The Morgan fingerprint density at radius 1 is 0.765 bits per heavy atom. The van der Waals surface area contributed by atoms with Crippen molar-refractivity contribution in [2.75, 3.05) is 0 Å². The number of carbonyl (C=O) groups is 1. The molecule has 0 fully saturated rings. The van der Waals surface area contributed by atoms with Gasteiger partial charge in [-0.2, -0.15) is 0 Å². The molecule has 0 aromatic carbocycles. The van der Waals surface area contributed by atoms with Crippen LogP contribution >= 0.6 is 0 Å². The average Bonchev–Trinajstić information content (AvgIpc) is 2.25. The number of hydrogen-bond acceptors (Lipinski definition) is 1. The molecule has 0 heterocycles. The van der Waals surface area contributed by atoms with Gasteiger partial charge in [0.2, 0.25) is 0 Å². The molecule has 0 unspecified atom stereocenters. The van der Waals surface area contributed by atoms with E-state index in [1.807, 2.05) is 0 Å². The van der Waals surface area contributed by atoms with Crippen LogP contribution in [0.5, 0.6) is 0 Å². The first-order chi connectivity index (χ1) is 7.77. The van der Waals surface area contributed by atoms with Gasteiger partial charge in [-0.15, -0.1) is 0 Å². The Balaban J connectivity index is 0. The van der Waals surface area contributed by atoms with Crippen LogP contribution in [0.1, 0.15) is 84.0 Å². The molecule has 0 amide bonds. The minimum absolute atomic E-state index is 0. The molecular formula is C14H28O2Pd. The van der Waals surface area contributed by atoms with E-state index in [2.05, 4.69) is 6.92 Å². The molecule has 17 heavy (non-hydrogen) atoms. The third kappa shape index (κ3) is 18.7. The van der Waals surface area contributed by atoms with Crippen LogP contribution in [0.2, 0.25) is 0 Å². The summed E-state index contributed by atoms with van der Waals surface area (Å²) in [5, 5.41) is 8.46. The Kier molecular flexibility index (Phi) is 18.5. The van der Waals surface area contributed by atoms with Crippen molar-refractivity contribution in [1.82, 2.24) is 0 Å². The molecule has 0 aromatic rings. The van der Waals surface area contributed by atoms with Gasteiger partial charge in [-0.3, -0.25) is 4.79 Å². The van der Waals surface area contributed by atoms with Crippen LogP contribution in [0.3, 0.4) is 0 Å². The first kappa shape index (κ1) is 19.5. The van der Waals surface area contributed by atoms with E-state index in [-0.39, 0.29) is 20.4 Å². The van der Waals surface area contributed by atoms with Crippen LogP contribution < -0.4 is 0 Å². The van der Waals surface area contributed by atoms with Crippen molar-refractivity contribution in [3.8, 4) is 0 Å². The van der Waals surface area contributed by atoms with Crippen LogP contribution in [0, 0.1) is 0 Å². The van der Waals surface area contributed by atoms with E-state index in [0.29, 0.717) is 6.42 Å². The largest absolute Gasteiger partial charge is 0.481 e. The molecule has 3 heteroatoms. The number of hydrogen-bond donors (Lipinski definition) is 1. The minimum Gasteiger partial charge on any atom is -0.481 e. The smallest absolute Gasteiger partial charge is 0.303 e. The first-order valence-corrected chi connectivity index (χ1v) is 6.99. The van der Waals surface area contributed by atoms with E-state index < -0.39 is 5.97 Å². The number of carboxylic acids is 1. The summed E-state index contributed by atoms with van der Waals surface area (Å²) in [4.78, 5) is 10.3. The van der Waals surface area contributed by atoms with Crippen LogP contribution in [0.25, 0.3) is 0 Å². The number of rotatable bonds is 12. The normalized spacial score (nSPS) is 9.94. The summed E-state index contributed by atoms with van der Waals surface area (Å²) in [5.74, 6) is -0.657. The average molecular weight is 335 g/mol. The van der Waals surface area contributed by atoms with Gasteiger partial charge in [0.05, 0.1) is 0 Å². The van der Waals surface area contributed by atoms with Gasteiger partial charge in [0.1, 0.15) is 0 Å². The zero-order valence-electron chi connectivity index (χ0n) is 11.2. The quantitative estimate of drug-likeness (QED) is 0.412. The van der Waals surface area contributed by atoms with E-state index >= 15 is 0 Å². The Labute approximate surface area is 120 Å². The van der Waals surface area contributed by atoms with Crippen LogP contribution in [0.15, 0.2) is 0 Å². The molecule has 2 nitrogen and oxygen atoms in total. The summed E-state index contributed by atoms with van der Waals surface area (Å²) >= 11 is 0. The van der Waals surface area contributed by atoms with Crippen molar-refractivity contribution in [2.24, 2.45) is 0 Å². The van der Waals surface area contributed by atoms with Crippen LogP contribution in [0.4, 0.5) is 0 Å². The summed E-state index contributed by atoms with van der Waals surface area (Å²) in [6.45, 7) is 2.25. The van der Waals surface area contributed by atoms with Gasteiger partial charge < -0.3 is 5.11 Å². The van der Waals surface area contributed by atoms with Crippen molar-refractivity contribution in [1.29, 1.82) is 0 Å². The zero-order chi connectivity index (χ0) is 12.1. The molecule has 0 bridgehead atoms. The number of aliphatic carboxylic acids is 1. The maximum Gasteiger partial charge on any atom is 0.303 e. The molecule has 0 radical (unpaired) electrons. The molecule has 0 atom stereocenters. The van der Waals surface area contributed by atoms with Crippen molar-refractivity contribution in [3.05, 3.63) is 0 Å². The summed E-state index contributed by atoms with van der Waals surface area (Å²) < 4.78 is 0. The fraction of sp³-hybridized carbons (Fsp3) is 0.929. The molecular weight excluding hydrogens is 307 g/mol. The topological polar surface area (TPSA) is 37.3 Å². The molecule has 1 N–H and O–H groups in total. The van der Waals surface area contributed by atoms with Gasteiger partial charge in [-0.1, -0.05) is 71.1 Å². The minimum atomic E-state index is -0.657. The van der Waals surface area contributed by atoms with E-state index in [1.165, 1.54) is 57.8 Å². The van der Waals surface area contributed by atoms with Gasteiger partial charge in [-0.05, 0) is 6.42 Å². The Hall–Kier alpha value is 0.132. The zero-order valence-corrected chi connectivity index (χ0v) is 12.7. The van der Waals surface area contributed by atoms with Crippen molar-refractivity contribution >= 4 is 5.97 Å². The molecule has 0 rings (SSSR count). The van der Waals surface area contributed by atoms with Crippen molar-refractivity contribution in [2.45, 2.75) is 84.0 Å². The predicted molar refractivity (Wildman–Crippen MR) is 68.7 cm³/mol. The molecule has 0 aliphatic carbocycles. The van der Waals surface area contributed by atoms with Gasteiger partial charge in [0.25, 0.3) is 0 Å². The van der Waals surface area contributed by atoms with E-state index in [9.17, 15) is 4.79 Å². The first-order valence-electron chi connectivity index (χ1n) is 6.99. The third-order valence-corrected chi connectivity index (χ3v) is 2.99. The van der Waals surface area contributed by atoms with Crippen LogP contribution in [-0.4, -0.2) is 11.1 Å². The maximum absolute atomic E-state index is 10.3. The second-order valence-corrected chi connectivity index (χ2v) is 4.68. The molecule has 0 saturated carbocycles. The van der Waals surface area contributed by atoms with Gasteiger partial charge in [-0.25, -0.2) is 0 Å². The number of carboxylic acid groups (broad SMARTS) is 1. The molecule has 0 aliphatic rings. The maximum atomic E-state index is 10.3. The fourth-order valence-corrected chi connectivity index (χ4v) is 1.94. The molecule has 0 saturated heterocycles. The summed E-state index contributed by atoms with van der Waals surface area (Å²) in [6.07, 6.45) is 14.4. The Morgan fingerprint density at radius 2 is 1.12 bits per heavy atom. The molecule has 0 spiro atoms. The SMILES string of the molecule is CCCCCCCCCCCCCC(=O)O.[Pd]. The van der Waals surface area contributed by atoms with E-state index in [1.54, 1.807) is 0 Å². The van der Waals surface area contributed by atoms with Gasteiger partial charge in [0, 0.05) is 26.8 Å². The second kappa shape index (κ2) is 16.1. The fourth-order valence-electron chi connectivity index (χ4n) is 1.94. The van der Waals surface area contributed by atoms with Gasteiger partial charge >= 0.3 is 5.97 Å². The third-order valence-electron chi connectivity index (χ3n) is 2.99. The predicted octanol–water partition coefficient (Wildman–Crippen LogP) is 4.77. The Morgan fingerprint density at radius 3 is 1.47 bits per heavy atom. The monoisotopic (exact) mass is 334 g/mol.